The van der Waals surface area contributed by atoms with Gasteiger partial charge in [-0.1, -0.05) is 162 Å². The summed E-state index contributed by atoms with van der Waals surface area (Å²) in [6.07, 6.45) is 34.3. The van der Waals surface area contributed by atoms with Gasteiger partial charge in [0, 0.05) is 13.0 Å². The van der Waals surface area contributed by atoms with E-state index in [0.717, 1.165) is 25.9 Å². The summed E-state index contributed by atoms with van der Waals surface area (Å²) in [7, 11) is 0. The van der Waals surface area contributed by atoms with Crippen molar-refractivity contribution in [2.75, 3.05) is 19.8 Å². The second-order valence-corrected chi connectivity index (χ2v) is 10.7. The van der Waals surface area contributed by atoms with Crippen LogP contribution >= 0.6 is 0 Å². The van der Waals surface area contributed by atoms with Crippen molar-refractivity contribution in [3.05, 3.63) is 0 Å². The fraction of sp³-hybridized carbons (Fsp3) is 0.969. The lowest BCUT2D eigenvalue weighted by molar-refractivity contribution is -0.145. The number of carbonyl (C=O) groups is 1. The Balaban J connectivity index is 3.12. The first-order chi connectivity index (χ1) is 17.3. The molecule has 0 aromatic rings. The van der Waals surface area contributed by atoms with E-state index in [1.807, 2.05) is 0 Å². The summed E-state index contributed by atoms with van der Waals surface area (Å²) in [5.74, 6) is -0.0565. The first kappa shape index (κ1) is 34.4. The van der Waals surface area contributed by atoms with Gasteiger partial charge in [0.15, 0.2) is 0 Å². The molecule has 0 aliphatic carbocycles. The fourth-order valence-electron chi connectivity index (χ4n) is 4.72. The van der Waals surface area contributed by atoms with Crippen LogP contribution in [0.25, 0.3) is 0 Å². The van der Waals surface area contributed by atoms with Crippen molar-refractivity contribution in [1.82, 2.24) is 0 Å². The monoisotopic (exact) mass is 496 g/mol. The lowest BCUT2D eigenvalue weighted by Crippen LogP contribution is -2.10. The van der Waals surface area contributed by atoms with E-state index in [1.54, 1.807) is 0 Å². The van der Waals surface area contributed by atoms with Gasteiger partial charge in [0.2, 0.25) is 0 Å². The van der Waals surface area contributed by atoms with Gasteiger partial charge in [0.05, 0.1) is 6.61 Å². The Hall–Kier alpha value is -0.570. The zero-order valence-corrected chi connectivity index (χ0v) is 24.2. The summed E-state index contributed by atoms with van der Waals surface area (Å²) in [4.78, 5) is 11.8. The number of carbonyl (C=O) groups excluding carboxylic acids is 1. The third-order valence-corrected chi connectivity index (χ3v) is 7.12. The summed E-state index contributed by atoms with van der Waals surface area (Å²) in [6.45, 7) is 6.30. The SMILES string of the molecule is CCCCCCCCCCCCCCCCCCOCCOC(=O)CCCCCCCCCCC. The predicted molar refractivity (Wildman–Crippen MR) is 153 cm³/mol. The highest BCUT2D eigenvalue weighted by Gasteiger charge is 2.02. The second-order valence-electron chi connectivity index (χ2n) is 10.7. The molecule has 0 aromatic heterocycles. The first-order valence-corrected chi connectivity index (χ1v) is 16.0. The quantitative estimate of drug-likeness (QED) is 0.0732. The molecular formula is C32H64O3. The van der Waals surface area contributed by atoms with E-state index in [-0.39, 0.29) is 5.97 Å². The number of esters is 1. The molecular weight excluding hydrogens is 432 g/mol. The van der Waals surface area contributed by atoms with Gasteiger partial charge in [-0.2, -0.15) is 0 Å². The third kappa shape index (κ3) is 31.4. The molecule has 0 unspecified atom stereocenters. The number of ether oxygens (including phenoxy) is 2. The third-order valence-electron chi connectivity index (χ3n) is 7.12. The number of unbranched alkanes of at least 4 members (excludes halogenated alkanes) is 23. The summed E-state index contributed by atoms with van der Waals surface area (Å²) >= 11 is 0. The van der Waals surface area contributed by atoms with Crippen LogP contribution in [-0.2, 0) is 14.3 Å². The minimum absolute atomic E-state index is 0.0565. The minimum Gasteiger partial charge on any atom is -0.463 e. The summed E-state index contributed by atoms with van der Waals surface area (Å²) in [5, 5.41) is 0. The average Bonchev–Trinajstić information content (AvgIpc) is 2.86. The molecule has 0 rings (SSSR count). The maximum atomic E-state index is 11.8. The highest BCUT2D eigenvalue weighted by molar-refractivity contribution is 5.69. The molecule has 0 spiro atoms. The zero-order chi connectivity index (χ0) is 25.5. The summed E-state index contributed by atoms with van der Waals surface area (Å²) in [5.41, 5.74) is 0. The van der Waals surface area contributed by atoms with Gasteiger partial charge in [-0.25, -0.2) is 0 Å². The van der Waals surface area contributed by atoms with Crippen molar-refractivity contribution in [2.24, 2.45) is 0 Å². The standard InChI is InChI=1S/C32H64O3/c1-3-5-7-9-11-13-14-15-16-17-18-19-21-23-25-27-29-34-30-31-35-32(33)28-26-24-22-20-12-10-8-6-4-2/h3-31H2,1-2H3. The van der Waals surface area contributed by atoms with E-state index in [1.165, 1.54) is 141 Å². The number of rotatable bonds is 30. The molecule has 0 aliphatic heterocycles. The maximum absolute atomic E-state index is 11.8. The molecule has 0 atom stereocenters. The minimum atomic E-state index is -0.0565. The largest absolute Gasteiger partial charge is 0.463 e. The molecule has 0 bridgehead atoms. The molecule has 0 N–H and O–H groups in total. The van der Waals surface area contributed by atoms with Crippen LogP contribution in [0, 0.1) is 0 Å². The number of hydrogen-bond donors (Lipinski definition) is 0. The van der Waals surface area contributed by atoms with Crippen molar-refractivity contribution in [3.63, 3.8) is 0 Å². The Kier molecular flexibility index (Phi) is 30.9. The molecule has 210 valence electrons. The van der Waals surface area contributed by atoms with Crippen LogP contribution in [0.5, 0.6) is 0 Å². The molecule has 0 heterocycles. The number of hydrogen-bond acceptors (Lipinski definition) is 3. The van der Waals surface area contributed by atoms with Gasteiger partial charge in [-0.3, -0.25) is 4.79 Å². The van der Waals surface area contributed by atoms with Gasteiger partial charge in [0.25, 0.3) is 0 Å². The van der Waals surface area contributed by atoms with Gasteiger partial charge < -0.3 is 9.47 Å². The normalized spacial score (nSPS) is 11.3. The summed E-state index contributed by atoms with van der Waals surface area (Å²) in [6, 6.07) is 0. The molecule has 0 radical (unpaired) electrons. The second kappa shape index (κ2) is 31.5. The highest BCUT2D eigenvalue weighted by Crippen LogP contribution is 2.14. The van der Waals surface area contributed by atoms with Crippen LogP contribution in [0.3, 0.4) is 0 Å². The topological polar surface area (TPSA) is 35.5 Å². The van der Waals surface area contributed by atoms with Gasteiger partial charge in [-0.05, 0) is 12.8 Å². The van der Waals surface area contributed by atoms with Crippen molar-refractivity contribution in [2.45, 2.75) is 181 Å². The molecule has 0 saturated heterocycles. The van der Waals surface area contributed by atoms with Crippen LogP contribution in [0.1, 0.15) is 181 Å². The van der Waals surface area contributed by atoms with E-state index in [9.17, 15) is 4.79 Å². The lowest BCUT2D eigenvalue weighted by atomic mass is 10.0. The molecule has 0 fully saturated rings. The van der Waals surface area contributed by atoms with Crippen LogP contribution in [0.2, 0.25) is 0 Å². The zero-order valence-electron chi connectivity index (χ0n) is 24.2. The average molecular weight is 497 g/mol. The van der Waals surface area contributed by atoms with E-state index in [4.69, 9.17) is 9.47 Å². The molecule has 0 aliphatic rings. The Labute approximate surface area is 220 Å². The smallest absolute Gasteiger partial charge is 0.305 e. The molecule has 3 heteroatoms. The van der Waals surface area contributed by atoms with E-state index < -0.39 is 0 Å². The Morgan fingerprint density at radius 3 is 1.14 bits per heavy atom. The molecule has 3 nitrogen and oxygen atoms in total. The molecule has 0 aromatic carbocycles. The first-order valence-electron chi connectivity index (χ1n) is 16.0. The van der Waals surface area contributed by atoms with Crippen molar-refractivity contribution < 1.29 is 14.3 Å². The van der Waals surface area contributed by atoms with Crippen LogP contribution < -0.4 is 0 Å². The Morgan fingerprint density at radius 2 is 0.743 bits per heavy atom. The van der Waals surface area contributed by atoms with Crippen LogP contribution in [-0.4, -0.2) is 25.8 Å². The van der Waals surface area contributed by atoms with Gasteiger partial charge in [0.1, 0.15) is 6.61 Å². The Bertz CT molecular complexity index is 396. The Morgan fingerprint density at radius 1 is 0.400 bits per heavy atom. The summed E-state index contributed by atoms with van der Waals surface area (Å²) < 4.78 is 10.9. The fourth-order valence-corrected chi connectivity index (χ4v) is 4.72. The van der Waals surface area contributed by atoms with Crippen molar-refractivity contribution in [1.29, 1.82) is 0 Å². The van der Waals surface area contributed by atoms with E-state index in [0.29, 0.717) is 19.6 Å². The van der Waals surface area contributed by atoms with Crippen LogP contribution in [0.15, 0.2) is 0 Å². The lowest BCUT2D eigenvalue weighted by Gasteiger charge is -2.07. The van der Waals surface area contributed by atoms with E-state index in [2.05, 4.69) is 13.8 Å². The molecule has 35 heavy (non-hydrogen) atoms. The maximum Gasteiger partial charge on any atom is 0.305 e. The molecule has 0 amide bonds. The predicted octanol–water partition coefficient (Wildman–Crippen LogP) is 10.7. The van der Waals surface area contributed by atoms with Crippen LogP contribution in [0.4, 0.5) is 0 Å². The van der Waals surface area contributed by atoms with Gasteiger partial charge in [-0.15, -0.1) is 0 Å². The van der Waals surface area contributed by atoms with Crippen molar-refractivity contribution in [3.8, 4) is 0 Å². The molecule has 0 saturated carbocycles. The van der Waals surface area contributed by atoms with Gasteiger partial charge >= 0.3 is 5.97 Å². The van der Waals surface area contributed by atoms with E-state index >= 15 is 0 Å². The van der Waals surface area contributed by atoms with Crippen molar-refractivity contribution >= 4 is 5.97 Å². The highest BCUT2D eigenvalue weighted by atomic mass is 16.6.